The molecule has 0 fully saturated rings. The number of thiophene rings is 1. The minimum atomic E-state index is 0.807. The topological polar surface area (TPSA) is 0 Å². The number of hydrogen-bond acceptors (Lipinski definition) is 2. The van der Waals surface area contributed by atoms with E-state index >= 15 is 0 Å². The van der Waals surface area contributed by atoms with Crippen LogP contribution in [0, 0.1) is 0 Å². The second-order valence-corrected chi connectivity index (χ2v) is 6.09. The molecule has 0 N–H and O–H groups in total. The normalized spacial score (nSPS) is 10.1. The van der Waals surface area contributed by atoms with Gasteiger partial charge in [0.25, 0.3) is 0 Å². The highest BCUT2D eigenvalue weighted by atomic mass is 35.5. The first-order valence-corrected chi connectivity index (χ1v) is 5.80. The predicted molar refractivity (Wildman–Crippen MR) is 64.7 cm³/mol. The number of hydrogen-bond donors (Lipinski definition) is 0. The average molecular weight is 231 g/mol. The van der Waals surface area contributed by atoms with Crippen LogP contribution in [-0.4, -0.2) is 0 Å². The van der Waals surface area contributed by atoms with Gasteiger partial charge in [0.15, 0.2) is 0 Å². The van der Waals surface area contributed by atoms with Crippen LogP contribution in [0.1, 0.15) is 19.4 Å². The molecule has 70 valence electrons. The summed E-state index contributed by atoms with van der Waals surface area (Å²) in [5.41, 5.74) is 2.19. The van der Waals surface area contributed by atoms with Gasteiger partial charge in [-0.3, -0.25) is 0 Å². The molecular weight excluding hydrogens is 220 g/mol. The zero-order valence-electron chi connectivity index (χ0n) is 7.69. The molecule has 0 amide bonds. The van der Waals surface area contributed by atoms with Gasteiger partial charge in [-0.1, -0.05) is 36.5 Å². The maximum Gasteiger partial charge on any atom is 0.0946 e. The first-order valence-electron chi connectivity index (χ1n) is 3.79. The molecule has 0 aliphatic heterocycles. The van der Waals surface area contributed by atoms with E-state index in [1.807, 2.05) is 19.9 Å². The number of allylic oxidation sites excluding steroid dienone is 2. The minimum absolute atomic E-state index is 0.807. The summed E-state index contributed by atoms with van der Waals surface area (Å²) in [7, 11) is 0. The van der Waals surface area contributed by atoms with Crippen molar-refractivity contribution in [2.75, 3.05) is 0 Å². The molecule has 1 heterocycles. The molecule has 0 atom stereocenters. The van der Waals surface area contributed by atoms with E-state index in [0.29, 0.717) is 0 Å². The van der Waals surface area contributed by atoms with Gasteiger partial charge in [0, 0.05) is 5.56 Å². The molecule has 13 heavy (non-hydrogen) atoms. The highest BCUT2D eigenvalue weighted by molar-refractivity contribution is 8.04. The van der Waals surface area contributed by atoms with E-state index < -0.39 is 0 Å². The summed E-state index contributed by atoms with van der Waals surface area (Å²) in [4.78, 5) is 1.07. The van der Waals surface area contributed by atoms with Crippen LogP contribution in [0.2, 0.25) is 4.34 Å². The van der Waals surface area contributed by atoms with Crippen molar-refractivity contribution < 1.29 is 0 Å². The lowest BCUT2D eigenvalue weighted by Crippen LogP contribution is -1.74. The Bertz CT molecular complexity index is 350. The van der Waals surface area contributed by atoms with Crippen molar-refractivity contribution >= 4 is 40.3 Å². The molecule has 1 aromatic rings. The summed E-state index contributed by atoms with van der Waals surface area (Å²) in [6.07, 6.45) is 0. The van der Waals surface area contributed by atoms with E-state index in [1.54, 1.807) is 23.1 Å². The second kappa shape index (κ2) is 4.36. The van der Waals surface area contributed by atoms with Crippen molar-refractivity contribution in [2.24, 2.45) is 0 Å². The van der Waals surface area contributed by atoms with Crippen LogP contribution in [0.3, 0.4) is 0 Å². The summed E-state index contributed by atoms with van der Waals surface area (Å²) in [6.45, 7) is 11.7. The number of thioether (sulfide) groups is 1. The van der Waals surface area contributed by atoms with Gasteiger partial charge in [0.2, 0.25) is 0 Å². The standard InChI is InChI=1S/C10H11ClS2/c1-6(2)8-5-9(11)13-10(8)12-7(3)4/h5H,1,3H2,2,4H3. The first-order chi connectivity index (χ1) is 6.00. The fraction of sp³-hybridized carbons (Fsp3) is 0.200. The second-order valence-electron chi connectivity index (χ2n) is 2.84. The zero-order chi connectivity index (χ0) is 10.0. The van der Waals surface area contributed by atoms with Crippen molar-refractivity contribution in [1.29, 1.82) is 0 Å². The smallest absolute Gasteiger partial charge is 0.0946 e. The van der Waals surface area contributed by atoms with Gasteiger partial charge in [-0.2, -0.15) is 0 Å². The summed E-state index contributed by atoms with van der Waals surface area (Å²) in [5, 5.41) is 0. The Hall–Kier alpha value is -0.180. The Morgan fingerprint density at radius 2 is 2.08 bits per heavy atom. The number of halogens is 1. The summed E-state index contributed by atoms with van der Waals surface area (Å²) < 4.78 is 1.99. The third-order valence-corrected chi connectivity index (χ3v) is 3.71. The van der Waals surface area contributed by atoms with Crippen LogP contribution in [-0.2, 0) is 0 Å². The van der Waals surface area contributed by atoms with Gasteiger partial charge in [-0.25, -0.2) is 0 Å². The monoisotopic (exact) mass is 230 g/mol. The minimum Gasteiger partial charge on any atom is -0.116 e. The zero-order valence-corrected chi connectivity index (χ0v) is 10.1. The first kappa shape index (κ1) is 10.9. The molecule has 0 unspecified atom stereocenters. The van der Waals surface area contributed by atoms with E-state index in [9.17, 15) is 0 Å². The summed E-state index contributed by atoms with van der Waals surface area (Å²) in [5.74, 6) is 0. The third kappa shape index (κ3) is 2.90. The van der Waals surface area contributed by atoms with Gasteiger partial charge >= 0.3 is 0 Å². The fourth-order valence-electron chi connectivity index (χ4n) is 0.877. The van der Waals surface area contributed by atoms with Crippen LogP contribution in [0.4, 0.5) is 0 Å². The summed E-state index contributed by atoms with van der Waals surface area (Å²) >= 11 is 9.16. The molecule has 0 aromatic carbocycles. The molecule has 1 aromatic heterocycles. The van der Waals surface area contributed by atoms with Crippen molar-refractivity contribution in [3.05, 3.63) is 34.0 Å². The van der Waals surface area contributed by atoms with Gasteiger partial charge in [-0.05, 0) is 30.4 Å². The fourth-order valence-corrected chi connectivity index (χ4v) is 3.57. The highest BCUT2D eigenvalue weighted by Crippen LogP contribution is 2.40. The predicted octanol–water partition coefficient (Wildman–Crippen LogP) is 5.06. The maximum absolute atomic E-state index is 5.93. The van der Waals surface area contributed by atoms with Crippen LogP contribution in [0.15, 0.2) is 28.3 Å². The molecule has 0 spiro atoms. The van der Waals surface area contributed by atoms with E-state index in [1.165, 1.54) is 4.21 Å². The van der Waals surface area contributed by atoms with Crippen molar-refractivity contribution in [3.63, 3.8) is 0 Å². The van der Waals surface area contributed by atoms with Crippen molar-refractivity contribution in [3.8, 4) is 0 Å². The lowest BCUT2D eigenvalue weighted by molar-refractivity contribution is 1.55. The number of rotatable bonds is 3. The largest absolute Gasteiger partial charge is 0.116 e. The Labute approximate surface area is 92.3 Å². The van der Waals surface area contributed by atoms with E-state index in [0.717, 1.165) is 20.4 Å². The molecule has 0 radical (unpaired) electrons. The Morgan fingerprint density at radius 3 is 2.54 bits per heavy atom. The van der Waals surface area contributed by atoms with E-state index in [-0.39, 0.29) is 0 Å². The quantitative estimate of drug-likeness (QED) is 0.654. The molecule has 0 aliphatic rings. The Kier molecular flexibility index (Phi) is 3.65. The molecule has 0 saturated carbocycles. The molecule has 1 rings (SSSR count). The van der Waals surface area contributed by atoms with E-state index in [2.05, 4.69) is 13.2 Å². The van der Waals surface area contributed by atoms with Gasteiger partial charge in [0.1, 0.15) is 0 Å². The molecular formula is C10H11ClS2. The third-order valence-electron chi connectivity index (χ3n) is 1.39. The lowest BCUT2D eigenvalue weighted by atomic mass is 10.2. The van der Waals surface area contributed by atoms with Crippen LogP contribution >= 0.6 is 34.7 Å². The van der Waals surface area contributed by atoms with Gasteiger partial charge < -0.3 is 0 Å². The molecule has 0 saturated heterocycles. The van der Waals surface area contributed by atoms with Crippen molar-refractivity contribution in [2.45, 2.75) is 18.1 Å². The average Bonchev–Trinajstić information content (AvgIpc) is 2.29. The van der Waals surface area contributed by atoms with Crippen LogP contribution in [0.25, 0.3) is 5.57 Å². The Balaban J connectivity index is 3.04. The van der Waals surface area contributed by atoms with Crippen LogP contribution in [0.5, 0.6) is 0 Å². The van der Waals surface area contributed by atoms with E-state index in [4.69, 9.17) is 11.6 Å². The van der Waals surface area contributed by atoms with Gasteiger partial charge in [0.05, 0.1) is 8.55 Å². The molecule has 0 bridgehead atoms. The SMILES string of the molecule is C=C(C)Sc1sc(Cl)cc1C(=C)C. The lowest BCUT2D eigenvalue weighted by Gasteiger charge is -2.00. The van der Waals surface area contributed by atoms with Crippen molar-refractivity contribution in [1.82, 2.24) is 0 Å². The maximum atomic E-state index is 5.93. The Morgan fingerprint density at radius 1 is 1.46 bits per heavy atom. The molecule has 0 nitrogen and oxygen atoms in total. The molecule has 0 aliphatic carbocycles. The highest BCUT2D eigenvalue weighted by Gasteiger charge is 2.08. The molecule has 3 heteroatoms. The van der Waals surface area contributed by atoms with Gasteiger partial charge in [-0.15, -0.1) is 11.3 Å². The summed E-state index contributed by atoms with van der Waals surface area (Å²) in [6, 6.07) is 1.96. The van der Waals surface area contributed by atoms with Crippen LogP contribution < -0.4 is 0 Å².